The predicted octanol–water partition coefficient (Wildman–Crippen LogP) is 0.949. The van der Waals surface area contributed by atoms with Crippen molar-refractivity contribution in [2.45, 2.75) is 26.8 Å². The van der Waals surface area contributed by atoms with Crippen molar-refractivity contribution in [2.75, 3.05) is 0 Å². The predicted molar refractivity (Wildman–Crippen MR) is 51.4 cm³/mol. The van der Waals surface area contributed by atoms with Crippen molar-refractivity contribution < 1.29 is 17.5 Å². The smallest absolute Gasteiger partial charge is 0.335 e. The van der Waals surface area contributed by atoms with Crippen LogP contribution in [0.4, 0.5) is 0 Å². The first-order valence-electron chi connectivity index (χ1n) is 4.02. The Kier molecular flexibility index (Phi) is 5.36. The maximum absolute atomic E-state index is 8.74. The molecule has 0 bridgehead atoms. The van der Waals surface area contributed by atoms with Gasteiger partial charge in [0.05, 0.1) is 0 Å². The Morgan fingerprint density at radius 1 is 1.50 bits per heavy atom. The Bertz CT molecular complexity index is 350. The Balaban J connectivity index is 0.000000292. The van der Waals surface area contributed by atoms with Gasteiger partial charge in [-0.25, -0.2) is 4.98 Å². The molecule has 0 aliphatic rings. The zero-order valence-corrected chi connectivity index (χ0v) is 8.90. The molecule has 0 aliphatic carbocycles. The number of hydrogen-bond donors (Lipinski definition) is 2. The van der Waals surface area contributed by atoms with Crippen molar-refractivity contribution in [3.63, 3.8) is 0 Å². The van der Waals surface area contributed by atoms with Gasteiger partial charge in [-0.15, -0.1) is 0 Å². The quantitative estimate of drug-likeness (QED) is 0.727. The lowest BCUT2D eigenvalue weighted by Gasteiger charge is -1.99. The van der Waals surface area contributed by atoms with Crippen LogP contribution in [0, 0.1) is 6.92 Å². The van der Waals surface area contributed by atoms with Gasteiger partial charge in [0.25, 0.3) is 0 Å². The molecule has 1 aromatic rings. The second kappa shape index (κ2) is 5.74. The Morgan fingerprint density at radius 3 is 2.29 bits per heavy atom. The fraction of sp³-hybridized carbons (Fsp3) is 0.571. The number of nitrogens with zero attached hydrogens (tertiary/aromatic N) is 2. The minimum atomic E-state index is -4.67. The van der Waals surface area contributed by atoms with Crippen LogP contribution in [0.2, 0.25) is 0 Å². The van der Waals surface area contributed by atoms with Gasteiger partial charge in [0, 0.05) is 18.9 Å². The molecule has 0 saturated heterocycles. The normalized spacial score (nSPS) is 10.6. The van der Waals surface area contributed by atoms with E-state index in [0.29, 0.717) is 0 Å². The van der Waals surface area contributed by atoms with Crippen LogP contribution in [-0.2, 0) is 16.9 Å². The highest BCUT2D eigenvalue weighted by Gasteiger charge is 1.91. The highest BCUT2D eigenvalue weighted by molar-refractivity contribution is 7.79. The Hall–Kier alpha value is -0.920. The van der Waals surface area contributed by atoms with E-state index in [0.717, 1.165) is 12.4 Å². The second-order valence-electron chi connectivity index (χ2n) is 2.62. The van der Waals surface area contributed by atoms with Crippen LogP contribution in [0.3, 0.4) is 0 Å². The average molecular weight is 222 g/mol. The Morgan fingerprint density at radius 2 is 2.00 bits per heavy atom. The third-order valence-electron chi connectivity index (χ3n) is 1.39. The second-order valence-corrected chi connectivity index (χ2v) is 3.51. The van der Waals surface area contributed by atoms with Crippen LogP contribution >= 0.6 is 0 Å². The maximum Gasteiger partial charge on any atom is 0.394 e. The Labute approximate surface area is 83.2 Å². The molecule has 0 radical (unpaired) electrons. The number of hydrogen-bond acceptors (Lipinski definition) is 3. The molecule has 2 N–H and O–H groups in total. The molecule has 1 heterocycles. The highest BCUT2D eigenvalue weighted by atomic mass is 32.3. The topological polar surface area (TPSA) is 92.4 Å². The van der Waals surface area contributed by atoms with E-state index < -0.39 is 10.4 Å². The summed E-state index contributed by atoms with van der Waals surface area (Å²) >= 11 is 0. The molecule has 0 aromatic carbocycles. The van der Waals surface area contributed by atoms with Crippen LogP contribution in [0.15, 0.2) is 12.4 Å². The molecule has 14 heavy (non-hydrogen) atoms. The van der Waals surface area contributed by atoms with E-state index in [2.05, 4.69) is 16.5 Å². The number of aryl methyl sites for hydroxylation is 2. The zero-order chi connectivity index (χ0) is 11.2. The largest absolute Gasteiger partial charge is 0.394 e. The summed E-state index contributed by atoms with van der Waals surface area (Å²) in [7, 11) is -4.67. The third kappa shape index (κ3) is 7.71. The molecule has 0 atom stereocenters. The van der Waals surface area contributed by atoms with Crippen molar-refractivity contribution in [2.24, 2.45) is 0 Å². The van der Waals surface area contributed by atoms with Gasteiger partial charge in [0.15, 0.2) is 0 Å². The fourth-order valence-corrected chi connectivity index (χ4v) is 0.881. The van der Waals surface area contributed by atoms with E-state index >= 15 is 0 Å². The van der Waals surface area contributed by atoms with Crippen molar-refractivity contribution in [3.8, 4) is 0 Å². The molecular weight excluding hydrogens is 208 g/mol. The van der Waals surface area contributed by atoms with E-state index in [9.17, 15) is 0 Å². The molecule has 0 aliphatic heterocycles. The van der Waals surface area contributed by atoms with E-state index in [1.807, 2.05) is 19.3 Å². The maximum atomic E-state index is 8.74. The lowest BCUT2D eigenvalue weighted by atomic mass is 10.5. The van der Waals surface area contributed by atoms with E-state index in [-0.39, 0.29) is 0 Å². The van der Waals surface area contributed by atoms with Gasteiger partial charge in [-0.1, -0.05) is 6.92 Å². The first-order valence-corrected chi connectivity index (χ1v) is 5.42. The summed E-state index contributed by atoms with van der Waals surface area (Å²) in [4.78, 5) is 4.10. The van der Waals surface area contributed by atoms with Gasteiger partial charge in [0.1, 0.15) is 5.82 Å². The van der Waals surface area contributed by atoms with Crippen LogP contribution in [-0.4, -0.2) is 27.1 Å². The van der Waals surface area contributed by atoms with Crippen molar-refractivity contribution in [1.82, 2.24) is 9.55 Å². The van der Waals surface area contributed by atoms with Crippen molar-refractivity contribution >= 4 is 10.4 Å². The summed E-state index contributed by atoms with van der Waals surface area (Å²) in [5.74, 6) is 1.11. The highest BCUT2D eigenvalue weighted by Crippen LogP contribution is 1.95. The van der Waals surface area contributed by atoms with Crippen LogP contribution in [0.5, 0.6) is 0 Å². The molecule has 1 aromatic heterocycles. The fourth-order valence-electron chi connectivity index (χ4n) is 0.881. The molecule has 82 valence electrons. The average Bonchev–Trinajstić information content (AvgIpc) is 2.34. The van der Waals surface area contributed by atoms with Crippen LogP contribution < -0.4 is 0 Å². The zero-order valence-electron chi connectivity index (χ0n) is 8.08. The molecular formula is C7H14N2O4S. The van der Waals surface area contributed by atoms with Crippen LogP contribution in [0.25, 0.3) is 0 Å². The van der Waals surface area contributed by atoms with Gasteiger partial charge >= 0.3 is 10.4 Å². The lowest BCUT2D eigenvalue weighted by molar-refractivity contribution is 0.381. The molecule has 0 amide bonds. The standard InChI is InChI=1S/C7H12N2.H2O4S/c1-3-5-9-6-4-8-7(9)2;1-5(2,3)4/h4,6H,3,5H2,1-2H3;(H2,1,2,3,4). The summed E-state index contributed by atoms with van der Waals surface area (Å²) in [5.41, 5.74) is 0. The molecule has 0 unspecified atom stereocenters. The summed E-state index contributed by atoms with van der Waals surface area (Å²) in [6.45, 7) is 5.28. The molecule has 0 fully saturated rings. The van der Waals surface area contributed by atoms with E-state index in [1.54, 1.807) is 0 Å². The number of aromatic nitrogens is 2. The molecule has 1 rings (SSSR count). The number of rotatable bonds is 2. The van der Waals surface area contributed by atoms with Gasteiger partial charge < -0.3 is 4.57 Å². The van der Waals surface area contributed by atoms with E-state index in [4.69, 9.17) is 17.5 Å². The summed E-state index contributed by atoms with van der Waals surface area (Å²) in [5, 5.41) is 0. The van der Waals surface area contributed by atoms with Crippen molar-refractivity contribution in [3.05, 3.63) is 18.2 Å². The molecule has 6 nitrogen and oxygen atoms in total. The molecule has 0 spiro atoms. The van der Waals surface area contributed by atoms with E-state index in [1.165, 1.54) is 6.42 Å². The minimum Gasteiger partial charge on any atom is -0.335 e. The van der Waals surface area contributed by atoms with Crippen molar-refractivity contribution in [1.29, 1.82) is 0 Å². The summed E-state index contributed by atoms with van der Waals surface area (Å²) < 4.78 is 33.7. The van der Waals surface area contributed by atoms with Gasteiger partial charge in [-0.2, -0.15) is 8.42 Å². The SMILES string of the molecule is CCCn1ccnc1C.O=S(=O)(O)O. The summed E-state index contributed by atoms with van der Waals surface area (Å²) in [6, 6.07) is 0. The van der Waals surface area contributed by atoms with Crippen LogP contribution in [0.1, 0.15) is 19.2 Å². The van der Waals surface area contributed by atoms with Gasteiger partial charge in [-0.3, -0.25) is 9.11 Å². The van der Waals surface area contributed by atoms with Gasteiger partial charge in [0.2, 0.25) is 0 Å². The third-order valence-corrected chi connectivity index (χ3v) is 1.39. The molecule has 7 heteroatoms. The summed E-state index contributed by atoms with van der Waals surface area (Å²) in [6.07, 6.45) is 5.03. The minimum absolute atomic E-state index is 1.09. The monoisotopic (exact) mass is 222 g/mol. The lowest BCUT2D eigenvalue weighted by Crippen LogP contribution is -1.96. The number of imidazole rings is 1. The molecule has 0 saturated carbocycles. The first kappa shape index (κ1) is 13.1. The first-order chi connectivity index (χ1) is 6.34. The van der Waals surface area contributed by atoms with Gasteiger partial charge in [-0.05, 0) is 13.3 Å².